The van der Waals surface area contributed by atoms with Crippen molar-refractivity contribution in [3.8, 4) is 5.75 Å². The monoisotopic (exact) mass is 472 g/mol. The highest BCUT2D eigenvalue weighted by Gasteiger charge is 2.29. The molecule has 0 amide bonds. The van der Waals surface area contributed by atoms with E-state index in [1.165, 1.54) is 24.1 Å². The van der Waals surface area contributed by atoms with E-state index in [4.69, 9.17) is 10.5 Å². The number of rotatable bonds is 12. The second-order valence-electron chi connectivity index (χ2n) is 8.59. The van der Waals surface area contributed by atoms with Gasteiger partial charge in [-0.15, -0.1) is 0 Å². The molecule has 2 rings (SSSR count). The minimum atomic E-state index is -2.43. The van der Waals surface area contributed by atoms with E-state index in [1.54, 1.807) is 12.1 Å². The van der Waals surface area contributed by atoms with Crippen LogP contribution in [0.1, 0.15) is 91.9 Å². The number of ether oxygens (including phenoxy) is 1. The number of unbranched alkanes of at least 4 members (excludes halogenated alkanes) is 2. The maximum Gasteiger partial charge on any atom is 0.248 e. The number of hydrogen-bond acceptors (Lipinski definition) is 4. The van der Waals surface area contributed by atoms with Gasteiger partial charge in [-0.25, -0.2) is 13.2 Å². The normalized spacial score (nSPS) is 13.5. The van der Waals surface area contributed by atoms with Gasteiger partial charge >= 0.3 is 0 Å². The first-order chi connectivity index (χ1) is 15.7. The summed E-state index contributed by atoms with van der Waals surface area (Å²) < 4.78 is 44.3. The Labute approximate surface area is 198 Å². The summed E-state index contributed by atoms with van der Waals surface area (Å²) in [6.07, 6.45) is 7.77. The van der Waals surface area contributed by atoms with Crippen LogP contribution in [-0.4, -0.2) is 19.0 Å². The van der Waals surface area contributed by atoms with E-state index >= 15 is 0 Å². The molecule has 1 aromatic carbocycles. The van der Waals surface area contributed by atoms with E-state index in [0.717, 1.165) is 44.3 Å². The molecule has 0 bridgehead atoms. The Bertz CT molecular complexity index is 658. The molecular weight excluding hydrogens is 429 g/mol. The molecule has 0 aliphatic heterocycles. The van der Waals surface area contributed by atoms with Gasteiger partial charge in [0, 0.05) is 12.8 Å². The molecule has 0 spiro atoms. The lowest BCUT2D eigenvalue weighted by molar-refractivity contribution is -0.0310. The molecule has 0 aromatic heterocycles. The third-order valence-electron chi connectivity index (χ3n) is 5.48. The minimum Gasteiger partial charge on any atom is -0.462 e. The van der Waals surface area contributed by atoms with Crippen LogP contribution in [0.15, 0.2) is 40.8 Å². The van der Waals surface area contributed by atoms with Crippen LogP contribution >= 0.6 is 0 Å². The lowest BCUT2D eigenvalue weighted by Crippen LogP contribution is -2.19. The van der Waals surface area contributed by atoms with Gasteiger partial charge in [0.25, 0.3) is 0 Å². The molecule has 1 atom stereocenters. The van der Waals surface area contributed by atoms with Crippen molar-refractivity contribution in [3.05, 3.63) is 46.3 Å². The Kier molecular flexibility index (Phi) is 17.5. The van der Waals surface area contributed by atoms with Gasteiger partial charge in [0.1, 0.15) is 17.3 Å². The van der Waals surface area contributed by atoms with E-state index in [-0.39, 0.29) is 24.6 Å². The van der Waals surface area contributed by atoms with E-state index in [1.807, 2.05) is 27.7 Å². The number of nitrogens with two attached hydrogens (primary N) is 1. The zero-order valence-electron chi connectivity index (χ0n) is 20.8. The highest BCUT2D eigenvalue weighted by molar-refractivity contribution is 5.26. The van der Waals surface area contributed by atoms with Crippen molar-refractivity contribution in [1.29, 1.82) is 0 Å². The lowest BCUT2D eigenvalue weighted by atomic mass is 9.91. The van der Waals surface area contributed by atoms with Crippen molar-refractivity contribution in [2.45, 2.75) is 97.8 Å². The summed E-state index contributed by atoms with van der Waals surface area (Å²) in [4.78, 5) is 9.39. The minimum absolute atomic E-state index is 0.0590. The summed E-state index contributed by atoms with van der Waals surface area (Å²) >= 11 is 0. The Morgan fingerprint density at radius 2 is 1.79 bits per heavy atom. The van der Waals surface area contributed by atoms with Gasteiger partial charge in [-0.05, 0) is 87.7 Å². The van der Waals surface area contributed by atoms with Crippen molar-refractivity contribution >= 4 is 0 Å². The molecule has 1 aromatic rings. The number of nitrogens with zero attached hydrogens (tertiary/aromatic N) is 1. The molecule has 4 nitrogen and oxygen atoms in total. The van der Waals surface area contributed by atoms with Crippen molar-refractivity contribution in [2.24, 2.45) is 16.8 Å². The molecule has 1 unspecified atom stereocenters. The molecule has 0 radical (unpaired) electrons. The number of hydrogen-bond donors (Lipinski definition) is 1. The standard InChI is InChI=1S/C12H13FO.C10H20F2.C4H10N2O/c1-9(10-3-2-4-10)14-12-7-5-11(13)6-8-12;1-4-6-7-10(11,12)8-9(3)5-2;5-3-1-2-4-6-7/h5-8H,2-4H2,1H3;9H,4-8H2,1-3H3;1-5H2. The number of halogens is 3. The lowest BCUT2D eigenvalue weighted by Gasteiger charge is -2.19. The Morgan fingerprint density at radius 3 is 2.24 bits per heavy atom. The van der Waals surface area contributed by atoms with Gasteiger partial charge < -0.3 is 10.5 Å². The summed E-state index contributed by atoms with van der Waals surface area (Å²) in [6.45, 7) is 8.84. The van der Waals surface area contributed by atoms with Gasteiger partial charge in [-0.1, -0.05) is 38.8 Å². The number of alkyl halides is 2. The highest BCUT2D eigenvalue weighted by atomic mass is 19.3. The van der Waals surface area contributed by atoms with Crippen molar-refractivity contribution in [2.75, 3.05) is 13.1 Å². The van der Waals surface area contributed by atoms with Crippen molar-refractivity contribution in [1.82, 2.24) is 0 Å². The topological polar surface area (TPSA) is 64.7 Å². The second-order valence-corrected chi connectivity index (χ2v) is 8.59. The van der Waals surface area contributed by atoms with E-state index < -0.39 is 5.92 Å². The average Bonchev–Trinajstić information content (AvgIpc) is 2.74. The summed E-state index contributed by atoms with van der Waals surface area (Å²) in [6, 6.07) is 6.12. The van der Waals surface area contributed by atoms with Gasteiger partial charge in [0.2, 0.25) is 5.92 Å². The zero-order chi connectivity index (χ0) is 25.1. The van der Waals surface area contributed by atoms with Gasteiger partial charge in [0.15, 0.2) is 0 Å². The fraction of sp³-hybridized carbons (Fsp3) is 0.692. The molecule has 190 valence electrons. The third-order valence-corrected chi connectivity index (χ3v) is 5.48. The first kappa shape index (κ1) is 31.1. The van der Waals surface area contributed by atoms with Crippen LogP contribution in [0.25, 0.3) is 0 Å². The smallest absolute Gasteiger partial charge is 0.248 e. The molecular formula is C26H43F3N2O2. The highest BCUT2D eigenvalue weighted by Crippen LogP contribution is 2.30. The van der Waals surface area contributed by atoms with Gasteiger partial charge in [0.05, 0.1) is 6.54 Å². The Hall–Kier alpha value is -1.89. The molecule has 33 heavy (non-hydrogen) atoms. The molecule has 7 heteroatoms. The van der Waals surface area contributed by atoms with Crippen LogP contribution in [0.2, 0.25) is 0 Å². The first-order valence-corrected chi connectivity index (χ1v) is 12.2. The van der Waals surface area contributed by atoms with Crippen LogP contribution in [0.5, 0.6) is 5.75 Å². The van der Waals surface area contributed by atoms with E-state index in [0.29, 0.717) is 25.3 Å². The Balaban J connectivity index is 0.000000494. The quantitative estimate of drug-likeness (QED) is 0.189. The number of nitroso groups, excluding NO2 is 1. The summed E-state index contributed by atoms with van der Waals surface area (Å²) in [5.74, 6) is -0.819. The van der Waals surface area contributed by atoms with Crippen molar-refractivity contribution in [3.63, 3.8) is 0 Å². The van der Waals surface area contributed by atoms with Crippen LogP contribution in [0.4, 0.5) is 13.2 Å². The molecule has 1 saturated carbocycles. The maximum atomic E-state index is 13.0. The van der Waals surface area contributed by atoms with Crippen LogP contribution in [-0.2, 0) is 0 Å². The van der Waals surface area contributed by atoms with Gasteiger partial charge in [-0.3, -0.25) is 0 Å². The molecule has 1 fully saturated rings. The fourth-order valence-electron chi connectivity index (χ4n) is 2.97. The van der Waals surface area contributed by atoms with Crippen LogP contribution in [0.3, 0.4) is 0 Å². The largest absolute Gasteiger partial charge is 0.462 e. The second kappa shape index (κ2) is 18.5. The molecule has 1 aliphatic carbocycles. The zero-order valence-corrected chi connectivity index (χ0v) is 20.8. The van der Waals surface area contributed by atoms with Gasteiger partial charge in [-0.2, -0.15) is 4.91 Å². The first-order valence-electron chi connectivity index (χ1n) is 12.2. The SMILES string of the molecule is CC(Oc1ccc(F)cc1)=C1CCC1.CCCCC(F)(F)CC(C)CC.NCCCCN=O. The molecule has 0 saturated heterocycles. The Morgan fingerprint density at radius 1 is 1.15 bits per heavy atom. The maximum absolute atomic E-state index is 13.0. The number of allylic oxidation sites excluding steroid dienone is 2. The van der Waals surface area contributed by atoms with Crippen molar-refractivity contribution < 1.29 is 17.9 Å². The molecule has 0 heterocycles. The van der Waals surface area contributed by atoms with Crippen LogP contribution in [0, 0.1) is 16.6 Å². The van der Waals surface area contributed by atoms with E-state index in [9.17, 15) is 18.1 Å². The predicted octanol–water partition coefficient (Wildman–Crippen LogP) is 8.40. The number of benzene rings is 1. The third kappa shape index (κ3) is 16.4. The summed E-state index contributed by atoms with van der Waals surface area (Å²) in [7, 11) is 0. The summed E-state index contributed by atoms with van der Waals surface area (Å²) in [5, 5.41) is 2.67. The average molecular weight is 473 g/mol. The van der Waals surface area contributed by atoms with E-state index in [2.05, 4.69) is 5.18 Å². The molecule has 1 aliphatic rings. The van der Waals surface area contributed by atoms with Crippen LogP contribution < -0.4 is 10.5 Å². The molecule has 2 N–H and O–H groups in total. The predicted molar refractivity (Wildman–Crippen MR) is 131 cm³/mol. The summed E-state index contributed by atoms with van der Waals surface area (Å²) in [5.41, 5.74) is 6.51. The fourth-order valence-corrected chi connectivity index (χ4v) is 2.97.